The highest BCUT2D eigenvalue weighted by atomic mass is 16.6. The van der Waals surface area contributed by atoms with Crippen molar-refractivity contribution in [3.05, 3.63) is 65.7 Å². The first-order valence-corrected chi connectivity index (χ1v) is 7.49. The number of para-hydroxylation sites is 1. The van der Waals surface area contributed by atoms with E-state index in [0.29, 0.717) is 17.1 Å². The molecule has 0 fully saturated rings. The topological polar surface area (TPSA) is 65.0 Å². The third-order valence-corrected chi connectivity index (χ3v) is 4.05. The van der Waals surface area contributed by atoms with E-state index in [1.165, 1.54) is 14.2 Å². The van der Waals surface area contributed by atoms with Crippen LogP contribution in [-0.4, -0.2) is 31.4 Å². The monoisotopic (exact) mass is 326 g/mol. The quantitative estimate of drug-likeness (QED) is 0.875. The number of hydrogen-bond acceptors (Lipinski definition) is 5. The van der Waals surface area contributed by atoms with Gasteiger partial charge in [-0.25, -0.2) is 4.79 Å². The second-order valence-electron chi connectivity index (χ2n) is 5.40. The van der Waals surface area contributed by atoms with E-state index in [1.807, 2.05) is 12.1 Å². The Morgan fingerprint density at radius 2 is 1.88 bits per heavy atom. The molecule has 2 aromatic rings. The van der Waals surface area contributed by atoms with Crippen LogP contribution in [0.25, 0.3) is 6.08 Å². The van der Waals surface area contributed by atoms with Gasteiger partial charge in [0.05, 0.1) is 14.2 Å². The van der Waals surface area contributed by atoms with Gasteiger partial charge in [0.25, 0.3) is 0 Å². The summed E-state index contributed by atoms with van der Waals surface area (Å²) in [5.74, 6) is 0.217. The number of carbonyl (C=O) groups is 1. The van der Waals surface area contributed by atoms with E-state index in [9.17, 15) is 9.90 Å². The van der Waals surface area contributed by atoms with Gasteiger partial charge in [-0.05, 0) is 17.7 Å². The zero-order valence-corrected chi connectivity index (χ0v) is 13.4. The van der Waals surface area contributed by atoms with Crippen molar-refractivity contribution in [2.45, 2.75) is 11.7 Å². The summed E-state index contributed by atoms with van der Waals surface area (Å²) in [5.41, 5.74) is -0.763. The van der Waals surface area contributed by atoms with Crippen LogP contribution in [-0.2, 0) is 15.1 Å². The fourth-order valence-electron chi connectivity index (χ4n) is 2.78. The molecule has 1 aliphatic rings. The average Bonchev–Trinajstić information content (AvgIpc) is 2.66. The Hall–Kier alpha value is -2.79. The number of hydrogen-bond donors (Lipinski definition) is 1. The smallest absolute Gasteiger partial charge is 0.346 e. The molecule has 1 N–H and O–H groups in total. The summed E-state index contributed by atoms with van der Waals surface area (Å²) in [5, 5.41) is 11.2. The van der Waals surface area contributed by atoms with Crippen LogP contribution in [0.15, 0.2) is 54.6 Å². The van der Waals surface area contributed by atoms with Crippen LogP contribution in [0.1, 0.15) is 11.1 Å². The SMILES string of the molecule is COC(=O)C(O)(c1ccccc1)C1C=Cc2cccc(OC)c2O1. The fourth-order valence-corrected chi connectivity index (χ4v) is 2.78. The molecule has 0 bridgehead atoms. The van der Waals surface area contributed by atoms with Crippen molar-refractivity contribution < 1.29 is 24.1 Å². The van der Waals surface area contributed by atoms with Crippen LogP contribution in [0, 0.1) is 0 Å². The molecule has 2 aromatic carbocycles. The van der Waals surface area contributed by atoms with Gasteiger partial charge < -0.3 is 19.3 Å². The predicted molar refractivity (Wildman–Crippen MR) is 88.8 cm³/mol. The van der Waals surface area contributed by atoms with Crippen molar-refractivity contribution in [1.82, 2.24) is 0 Å². The molecule has 0 aliphatic carbocycles. The van der Waals surface area contributed by atoms with Gasteiger partial charge in [0.1, 0.15) is 0 Å². The summed E-state index contributed by atoms with van der Waals surface area (Å²) in [6, 6.07) is 14.1. The van der Waals surface area contributed by atoms with Gasteiger partial charge in [0, 0.05) is 5.56 Å². The van der Waals surface area contributed by atoms with Crippen molar-refractivity contribution >= 4 is 12.0 Å². The Bertz CT molecular complexity index is 769. The van der Waals surface area contributed by atoms with Gasteiger partial charge in [-0.1, -0.05) is 48.5 Å². The molecule has 1 heterocycles. The minimum absolute atomic E-state index is 0.393. The standard InChI is InChI=1S/C19H18O5/c1-22-15-10-6-7-13-11-12-16(24-17(13)15)19(21,18(20)23-2)14-8-4-3-5-9-14/h3-12,16,21H,1-2H3. The lowest BCUT2D eigenvalue weighted by Crippen LogP contribution is -2.50. The summed E-state index contributed by atoms with van der Waals surface area (Å²) in [6.45, 7) is 0. The van der Waals surface area contributed by atoms with Crippen molar-refractivity contribution in [3.8, 4) is 11.5 Å². The van der Waals surface area contributed by atoms with E-state index < -0.39 is 17.7 Å². The highest BCUT2D eigenvalue weighted by Gasteiger charge is 2.48. The third-order valence-electron chi connectivity index (χ3n) is 4.05. The molecule has 0 spiro atoms. The molecule has 0 aromatic heterocycles. The summed E-state index contributed by atoms with van der Waals surface area (Å²) in [7, 11) is 2.77. The molecule has 0 saturated carbocycles. The number of benzene rings is 2. The second-order valence-corrected chi connectivity index (χ2v) is 5.40. The Morgan fingerprint density at radius 1 is 1.12 bits per heavy atom. The van der Waals surface area contributed by atoms with E-state index in [-0.39, 0.29) is 0 Å². The van der Waals surface area contributed by atoms with Crippen LogP contribution in [0.3, 0.4) is 0 Å². The maximum atomic E-state index is 12.4. The van der Waals surface area contributed by atoms with E-state index in [0.717, 1.165) is 5.56 Å². The predicted octanol–water partition coefficient (Wildman–Crippen LogP) is 2.53. The molecule has 24 heavy (non-hydrogen) atoms. The second kappa shape index (κ2) is 6.37. The van der Waals surface area contributed by atoms with Crippen LogP contribution in [0.5, 0.6) is 11.5 Å². The first kappa shape index (κ1) is 16.1. The van der Waals surface area contributed by atoms with Gasteiger partial charge in [-0.2, -0.15) is 0 Å². The highest BCUT2D eigenvalue weighted by molar-refractivity contribution is 5.83. The minimum Gasteiger partial charge on any atom is -0.493 e. The average molecular weight is 326 g/mol. The van der Waals surface area contributed by atoms with Crippen LogP contribution in [0.2, 0.25) is 0 Å². The zero-order chi connectivity index (χ0) is 17.2. The number of ether oxygens (including phenoxy) is 3. The summed E-state index contributed by atoms with van der Waals surface area (Å²) >= 11 is 0. The molecule has 5 nitrogen and oxygen atoms in total. The van der Waals surface area contributed by atoms with Gasteiger partial charge in [0.2, 0.25) is 5.60 Å². The zero-order valence-electron chi connectivity index (χ0n) is 13.4. The third kappa shape index (κ3) is 2.53. The Morgan fingerprint density at radius 3 is 2.54 bits per heavy atom. The molecule has 0 saturated heterocycles. The number of esters is 1. The summed E-state index contributed by atoms with van der Waals surface area (Å²) in [6.07, 6.45) is 2.49. The maximum Gasteiger partial charge on any atom is 0.346 e. The fraction of sp³-hybridized carbons (Fsp3) is 0.211. The van der Waals surface area contributed by atoms with E-state index in [2.05, 4.69) is 0 Å². The Balaban J connectivity index is 2.07. The number of rotatable bonds is 4. The number of fused-ring (bicyclic) bond motifs is 1. The van der Waals surface area contributed by atoms with E-state index >= 15 is 0 Å². The van der Waals surface area contributed by atoms with Crippen molar-refractivity contribution in [1.29, 1.82) is 0 Å². The normalized spacial score (nSPS) is 18.0. The molecule has 0 radical (unpaired) electrons. The van der Waals surface area contributed by atoms with Gasteiger partial charge in [-0.15, -0.1) is 0 Å². The Kier molecular flexibility index (Phi) is 4.27. The molecule has 0 amide bonds. The number of carbonyl (C=O) groups excluding carboxylic acids is 1. The lowest BCUT2D eigenvalue weighted by atomic mass is 9.86. The summed E-state index contributed by atoms with van der Waals surface area (Å²) < 4.78 is 16.1. The van der Waals surface area contributed by atoms with E-state index in [4.69, 9.17) is 14.2 Å². The number of methoxy groups -OCH3 is 2. The van der Waals surface area contributed by atoms with Gasteiger partial charge in [-0.3, -0.25) is 0 Å². The molecular formula is C19H18O5. The molecule has 1 aliphatic heterocycles. The lowest BCUT2D eigenvalue weighted by Gasteiger charge is -2.34. The molecule has 2 unspecified atom stereocenters. The van der Waals surface area contributed by atoms with Crippen LogP contribution in [0.4, 0.5) is 0 Å². The Labute approximate surface area is 140 Å². The largest absolute Gasteiger partial charge is 0.493 e. The van der Waals surface area contributed by atoms with Gasteiger partial charge in [0.15, 0.2) is 17.6 Å². The molecular weight excluding hydrogens is 308 g/mol. The first-order valence-electron chi connectivity index (χ1n) is 7.49. The van der Waals surface area contributed by atoms with E-state index in [1.54, 1.807) is 48.6 Å². The minimum atomic E-state index is -1.97. The molecule has 124 valence electrons. The maximum absolute atomic E-state index is 12.4. The first-order chi connectivity index (χ1) is 11.6. The van der Waals surface area contributed by atoms with Gasteiger partial charge >= 0.3 is 5.97 Å². The van der Waals surface area contributed by atoms with Crippen molar-refractivity contribution in [2.24, 2.45) is 0 Å². The summed E-state index contributed by atoms with van der Waals surface area (Å²) in [4.78, 5) is 12.4. The van der Waals surface area contributed by atoms with Crippen LogP contribution < -0.4 is 9.47 Å². The number of aliphatic hydroxyl groups is 1. The van der Waals surface area contributed by atoms with Crippen molar-refractivity contribution in [2.75, 3.05) is 14.2 Å². The highest BCUT2D eigenvalue weighted by Crippen LogP contribution is 2.40. The molecule has 2 atom stereocenters. The molecule has 5 heteroatoms. The van der Waals surface area contributed by atoms with Crippen molar-refractivity contribution in [3.63, 3.8) is 0 Å². The molecule has 3 rings (SSSR count). The van der Waals surface area contributed by atoms with Crippen LogP contribution >= 0.6 is 0 Å². The lowest BCUT2D eigenvalue weighted by molar-refractivity contribution is -0.172.